The molecule has 0 aliphatic rings. The van der Waals surface area contributed by atoms with Gasteiger partial charge < -0.3 is 14.5 Å². The molecule has 0 amide bonds. The van der Waals surface area contributed by atoms with Crippen LogP contribution in [0.2, 0.25) is 0 Å². The van der Waals surface area contributed by atoms with E-state index >= 15 is 0 Å². The van der Waals surface area contributed by atoms with Gasteiger partial charge in [-0.05, 0) is 112 Å². The molecule has 0 unspecified atom stereocenters. The summed E-state index contributed by atoms with van der Waals surface area (Å²) in [5.74, 6) is 0.918. The number of hydrogen-bond acceptors (Lipinski definition) is 3. The summed E-state index contributed by atoms with van der Waals surface area (Å²) in [7, 11) is 1.77. The average molecular weight is 445 g/mol. The number of anilines is 2. The first-order valence-electron chi connectivity index (χ1n) is 12.3. The molecule has 0 saturated heterocycles. The van der Waals surface area contributed by atoms with Crippen LogP contribution in [0.5, 0.6) is 5.75 Å². The molecular formula is C30H40N2O. The molecule has 0 N–H and O–H groups in total. The van der Waals surface area contributed by atoms with Gasteiger partial charge in [0.05, 0.1) is 7.11 Å². The topological polar surface area (TPSA) is 15.7 Å². The van der Waals surface area contributed by atoms with Gasteiger partial charge in [-0.3, -0.25) is 0 Å². The summed E-state index contributed by atoms with van der Waals surface area (Å²) in [5.41, 5.74) is 11.3. The lowest BCUT2D eigenvalue weighted by atomic mass is 9.86. The molecule has 0 spiro atoms. The molecule has 3 rings (SSSR count). The van der Waals surface area contributed by atoms with Crippen molar-refractivity contribution < 1.29 is 4.74 Å². The molecule has 0 saturated carbocycles. The van der Waals surface area contributed by atoms with Crippen molar-refractivity contribution in [1.29, 1.82) is 0 Å². The van der Waals surface area contributed by atoms with Crippen LogP contribution in [0.1, 0.15) is 44.4 Å². The molecule has 3 aromatic carbocycles. The highest BCUT2D eigenvalue weighted by Crippen LogP contribution is 2.44. The normalized spacial score (nSPS) is 10.9. The van der Waals surface area contributed by atoms with Gasteiger partial charge in [-0.25, -0.2) is 0 Å². The van der Waals surface area contributed by atoms with E-state index in [1.165, 1.54) is 50.3 Å². The molecule has 176 valence electrons. The third-order valence-electron chi connectivity index (χ3n) is 6.81. The first-order valence-corrected chi connectivity index (χ1v) is 12.3. The zero-order valence-electron chi connectivity index (χ0n) is 21.7. The Morgan fingerprint density at radius 2 is 1.03 bits per heavy atom. The smallest absolute Gasteiger partial charge is 0.127 e. The summed E-state index contributed by atoms with van der Waals surface area (Å²) in [6.07, 6.45) is 0. The van der Waals surface area contributed by atoms with E-state index in [0.29, 0.717) is 0 Å². The van der Waals surface area contributed by atoms with E-state index in [4.69, 9.17) is 4.74 Å². The monoisotopic (exact) mass is 444 g/mol. The van der Waals surface area contributed by atoms with Crippen molar-refractivity contribution in [3.8, 4) is 28.0 Å². The van der Waals surface area contributed by atoms with Crippen LogP contribution in [0.15, 0.2) is 48.5 Å². The molecule has 0 bridgehead atoms. The van der Waals surface area contributed by atoms with Crippen LogP contribution in [-0.2, 0) is 0 Å². The number of benzene rings is 3. The molecule has 3 aromatic rings. The van der Waals surface area contributed by atoms with Gasteiger partial charge in [-0.2, -0.15) is 0 Å². The largest absolute Gasteiger partial charge is 0.496 e. The van der Waals surface area contributed by atoms with Crippen LogP contribution in [0, 0.1) is 20.8 Å². The van der Waals surface area contributed by atoms with Crippen LogP contribution in [0.3, 0.4) is 0 Å². The minimum atomic E-state index is 0.918. The molecule has 33 heavy (non-hydrogen) atoms. The number of rotatable bonds is 9. The van der Waals surface area contributed by atoms with Gasteiger partial charge >= 0.3 is 0 Å². The highest BCUT2D eigenvalue weighted by Gasteiger charge is 2.20. The Labute approximate surface area is 201 Å². The molecule has 3 nitrogen and oxygen atoms in total. The van der Waals surface area contributed by atoms with Crippen molar-refractivity contribution in [2.24, 2.45) is 0 Å². The quantitative estimate of drug-likeness (QED) is 0.337. The summed E-state index contributed by atoms with van der Waals surface area (Å²) in [4.78, 5) is 4.79. The fourth-order valence-electron chi connectivity index (χ4n) is 4.90. The Bertz CT molecular complexity index is 1090. The first-order chi connectivity index (χ1) is 15.9. The summed E-state index contributed by atoms with van der Waals surface area (Å²) < 4.78 is 5.91. The van der Waals surface area contributed by atoms with Gasteiger partial charge in [-0.1, -0.05) is 18.2 Å². The zero-order chi connectivity index (χ0) is 24.1. The third kappa shape index (κ3) is 4.88. The van der Waals surface area contributed by atoms with E-state index in [1.54, 1.807) is 7.11 Å². The Kier molecular flexibility index (Phi) is 8.07. The highest BCUT2D eigenvalue weighted by molar-refractivity contribution is 5.92. The molecular weight excluding hydrogens is 404 g/mol. The Balaban J connectivity index is 2.23. The summed E-state index contributed by atoms with van der Waals surface area (Å²) >= 11 is 0. The Morgan fingerprint density at radius 1 is 0.576 bits per heavy atom. The summed E-state index contributed by atoms with van der Waals surface area (Å²) in [6.45, 7) is 19.5. The van der Waals surface area contributed by atoms with E-state index in [2.05, 4.69) is 107 Å². The van der Waals surface area contributed by atoms with Crippen molar-refractivity contribution in [2.75, 3.05) is 43.1 Å². The van der Waals surface area contributed by atoms with Crippen molar-refractivity contribution in [3.63, 3.8) is 0 Å². The number of methoxy groups -OCH3 is 1. The van der Waals surface area contributed by atoms with Crippen LogP contribution in [-0.4, -0.2) is 33.3 Å². The van der Waals surface area contributed by atoms with Gasteiger partial charge in [0, 0.05) is 43.1 Å². The minimum absolute atomic E-state index is 0.918. The Hall–Kier alpha value is -2.94. The second kappa shape index (κ2) is 10.8. The van der Waals surface area contributed by atoms with E-state index in [9.17, 15) is 0 Å². The second-order valence-corrected chi connectivity index (χ2v) is 8.68. The van der Waals surface area contributed by atoms with Gasteiger partial charge in [-0.15, -0.1) is 0 Å². The molecule has 0 fully saturated rings. The van der Waals surface area contributed by atoms with Crippen LogP contribution in [0.4, 0.5) is 11.4 Å². The van der Waals surface area contributed by atoms with Crippen molar-refractivity contribution in [2.45, 2.75) is 48.5 Å². The van der Waals surface area contributed by atoms with Crippen molar-refractivity contribution in [3.05, 3.63) is 65.2 Å². The van der Waals surface area contributed by atoms with E-state index in [-0.39, 0.29) is 0 Å². The maximum Gasteiger partial charge on any atom is 0.127 e. The van der Waals surface area contributed by atoms with Gasteiger partial charge in [0.15, 0.2) is 0 Å². The number of aryl methyl sites for hydroxylation is 3. The van der Waals surface area contributed by atoms with Crippen LogP contribution in [0.25, 0.3) is 22.3 Å². The lowest BCUT2D eigenvalue weighted by molar-refractivity contribution is 0.416. The summed E-state index contributed by atoms with van der Waals surface area (Å²) in [6, 6.07) is 18.0. The predicted molar refractivity (Wildman–Crippen MR) is 145 cm³/mol. The SMILES string of the molecule is CCN(CC)c1ccc(-c2c(C)ccc(OC)c2-c2ccc(N(CC)CC)cc2C)c(C)c1. The van der Waals surface area contributed by atoms with Gasteiger partial charge in [0.2, 0.25) is 0 Å². The number of nitrogens with zero attached hydrogens (tertiary/aromatic N) is 2. The maximum absolute atomic E-state index is 5.91. The molecule has 0 heterocycles. The van der Waals surface area contributed by atoms with Crippen molar-refractivity contribution in [1.82, 2.24) is 0 Å². The van der Waals surface area contributed by atoms with Crippen LogP contribution < -0.4 is 14.5 Å². The highest BCUT2D eigenvalue weighted by atomic mass is 16.5. The maximum atomic E-state index is 5.91. The lowest BCUT2D eigenvalue weighted by Gasteiger charge is -2.25. The van der Waals surface area contributed by atoms with E-state index in [0.717, 1.165) is 31.9 Å². The Morgan fingerprint density at radius 3 is 1.42 bits per heavy atom. The molecule has 0 atom stereocenters. The second-order valence-electron chi connectivity index (χ2n) is 8.68. The van der Waals surface area contributed by atoms with Gasteiger partial charge in [0.1, 0.15) is 5.75 Å². The minimum Gasteiger partial charge on any atom is -0.496 e. The fourth-order valence-corrected chi connectivity index (χ4v) is 4.90. The van der Waals surface area contributed by atoms with E-state index in [1.807, 2.05) is 0 Å². The fraction of sp³-hybridized carbons (Fsp3) is 0.400. The standard InChI is InChI=1S/C30H40N2O/c1-9-31(10-2)24-14-16-26(22(6)19-24)29-21(5)13-18-28(33-8)30(29)27-17-15-25(20-23(27)7)32(11-3)12-4/h13-20H,9-12H2,1-8H3. The van der Waals surface area contributed by atoms with E-state index < -0.39 is 0 Å². The van der Waals surface area contributed by atoms with Crippen LogP contribution >= 0.6 is 0 Å². The molecule has 0 radical (unpaired) electrons. The molecule has 0 aliphatic heterocycles. The van der Waals surface area contributed by atoms with Crippen molar-refractivity contribution >= 4 is 11.4 Å². The lowest BCUT2D eigenvalue weighted by Crippen LogP contribution is -2.21. The summed E-state index contributed by atoms with van der Waals surface area (Å²) in [5, 5.41) is 0. The molecule has 3 heteroatoms. The first kappa shape index (κ1) is 24.7. The average Bonchev–Trinajstić information content (AvgIpc) is 2.81. The predicted octanol–water partition coefficient (Wildman–Crippen LogP) is 7.65. The number of hydrogen-bond donors (Lipinski definition) is 0. The zero-order valence-corrected chi connectivity index (χ0v) is 21.7. The number of ether oxygens (including phenoxy) is 1. The third-order valence-corrected chi connectivity index (χ3v) is 6.81. The molecule has 0 aromatic heterocycles. The van der Waals surface area contributed by atoms with Gasteiger partial charge in [0.25, 0.3) is 0 Å². The molecule has 0 aliphatic carbocycles.